The maximum Gasteiger partial charge on any atom is 0.319 e. The van der Waals surface area contributed by atoms with Gasteiger partial charge >= 0.3 is 6.03 Å². The number of morpholine rings is 1. The van der Waals surface area contributed by atoms with Gasteiger partial charge in [-0.1, -0.05) is 0 Å². The second-order valence-corrected chi connectivity index (χ2v) is 6.03. The van der Waals surface area contributed by atoms with Gasteiger partial charge in [0.05, 0.1) is 12.7 Å². The van der Waals surface area contributed by atoms with E-state index in [4.69, 9.17) is 4.74 Å². The Labute approximate surface area is 122 Å². The third-order valence-corrected chi connectivity index (χ3v) is 4.24. The number of nitrogens with zero attached hydrogens (tertiary/aromatic N) is 3. The summed E-state index contributed by atoms with van der Waals surface area (Å²) >= 11 is 0. The Morgan fingerprint density at radius 2 is 2.00 bits per heavy atom. The first-order chi connectivity index (χ1) is 9.58. The van der Waals surface area contributed by atoms with Crippen molar-refractivity contribution >= 4 is 6.03 Å². The van der Waals surface area contributed by atoms with Crippen LogP contribution in [0.3, 0.4) is 0 Å². The fourth-order valence-electron chi connectivity index (χ4n) is 2.99. The lowest BCUT2D eigenvalue weighted by atomic mass is 10.0. The van der Waals surface area contributed by atoms with Crippen LogP contribution in [-0.2, 0) is 4.74 Å². The van der Waals surface area contributed by atoms with E-state index in [1.807, 2.05) is 19.0 Å². The number of amides is 2. The van der Waals surface area contributed by atoms with Gasteiger partial charge < -0.3 is 24.8 Å². The molecule has 2 amide bonds. The highest BCUT2D eigenvalue weighted by molar-refractivity contribution is 5.73. The van der Waals surface area contributed by atoms with Crippen LogP contribution in [0.4, 0.5) is 4.79 Å². The lowest BCUT2D eigenvalue weighted by Gasteiger charge is -2.39. The Kier molecular flexibility index (Phi) is 5.63. The molecular weight excluding hydrogens is 256 g/mol. The van der Waals surface area contributed by atoms with Gasteiger partial charge in [0, 0.05) is 52.9 Å². The van der Waals surface area contributed by atoms with Crippen molar-refractivity contribution in [3.8, 4) is 0 Å². The first kappa shape index (κ1) is 15.5. The molecule has 2 rings (SSSR count). The summed E-state index contributed by atoms with van der Waals surface area (Å²) in [7, 11) is 5.80. The van der Waals surface area contributed by atoms with Crippen LogP contribution in [0.5, 0.6) is 0 Å². The van der Waals surface area contributed by atoms with Gasteiger partial charge in [0.15, 0.2) is 0 Å². The molecule has 2 saturated heterocycles. The summed E-state index contributed by atoms with van der Waals surface area (Å²) in [4.78, 5) is 17.9. The zero-order chi connectivity index (χ0) is 14.5. The van der Waals surface area contributed by atoms with Crippen molar-refractivity contribution in [2.75, 3.05) is 60.5 Å². The zero-order valence-corrected chi connectivity index (χ0v) is 13.0. The van der Waals surface area contributed by atoms with E-state index in [9.17, 15) is 4.79 Å². The van der Waals surface area contributed by atoms with Crippen molar-refractivity contribution in [3.63, 3.8) is 0 Å². The highest BCUT2D eigenvalue weighted by Gasteiger charge is 2.27. The van der Waals surface area contributed by atoms with Crippen LogP contribution in [0.1, 0.15) is 12.8 Å². The number of rotatable bonds is 3. The van der Waals surface area contributed by atoms with Crippen LogP contribution in [0.25, 0.3) is 0 Å². The molecule has 6 heteroatoms. The summed E-state index contributed by atoms with van der Waals surface area (Å²) in [5.41, 5.74) is 0. The van der Waals surface area contributed by atoms with Gasteiger partial charge in [-0.2, -0.15) is 0 Å². The van der Waals surface area contributed by atoms with Crippen molar-refractivity contribution in [1.29, 1.82) is 0 Å². The fraction of sp³-hybridized carbons (Fsp3) is 0.929. The van der Waals surface area contributed by atoms with E-state index < -0.39 is 0 Å². The lowest BCUT2D eigenvalue weighted by molar-refractivity contribution is -0.00238. The van der Waals surface area contributed by atoms with E-state index in [1.54, 1.807) is 4.90 Å². The topological polar surface area (TPSA) is 48.1 Å². The molecular formula is C14H28N4O2. The predicted molar refractivity (Wildman–Crippen MR) is 78.9 cm³/mol. The predicted octanol–water partition coefficient (Wildman–Crippen LogP) is 0.0526. The Bertz CT molecular complexity index is 310. The maximum atomic E-state index is 11.9. The third-order valence-electron chi connectivity index (χ3n) is 4.24. The first-order valence-corrected chi connectivity index (χ1v) is 7.56. The molecule has 0 radical (unpaired) electrons. The second-order valence-electron chi connectivity index (χ2n) is 6.03. The van der Waals surface area contributed by atoms with Gasteiger partial charge in [-0.05, 0) is 19.9 Å². The van der Waals surface area contributed by atoms with Crippen LogP contribution in [0, 0.1) is 0 Å². The Hall–Kier alpha value is -0.850. The number of carbonyl (C=O) groups excluding carboxylic acids is 1. The molecule has 116 valence electrons. The van der Waals surface area contributed by atoms with E-state index in [0.29, 0.717) is 12.1 Å². The smallest absolute Gasteiger partial charge is 0.319 e. The van der Waals surface area contributed by atoms with Crippen LogP contribution in [-0.4, -0.2) is 93.4 Å². The average Bonchev–Trinajstić information content (AvgIpc) is 2.47. The molecule has 0 spiro atoms. The molecule has 1 unspecified atom stereocenters. The van der Waals surface area contributed by atoms with Crippen LogP contribution in [0.2, 0.25) is 0 Å². The number of hydrogen-bond donors (Lipinski definition) is 1. The molecule has 0 bridgehead atoms. The zero-order valence-electron chi connectivity index (χ0n) is 13.0. The Balaban J connectivity index is 1.73. The number of hydrogen-bond acceptors (Lipinski definition) is 4. The van der Waals surface area contributed by atoms with Crippen molar-refractivity contribution in [2.45, 2.75) is 25.0 Å². The summed E-state index contributed by atoms with van der Waals surface area (Å²) in [6, 6.07) is 0.692. The molecule has 0 aromatic heterocycles. The average molecular weight is 284 g/mol. The second kappa shape index (κ2) is 7.24. The molecule has 0 aromatic carbocycles. The van der Waals surface area contributed by atoms with Gasteiger partial charge in [-0.25, -0.2) is 4.79 Å². The molecule has 1 N–H and O–H groups in total. The lowest BCUT2D eigenvalue weighted by Crippen LogP contribution is -2.51. The largest absolute Gasteiger partial charge is 0.374 e. The number of piperidine rings is 1. The standard InChI is InChI=1S/C14H28N4O2/c1-16(2)14(19)18-7-4-12(5-8-18)17(3)11-13-10-15-6-9-20-13/h12-13,15H,4-11H2,1-3H3. The minimum absolute atomic E-state index is 0.130. The SMILES string of the molecule is CN(C)C(=O)N1CCC(N(C)CC2CNCCO2)CC1. The number of likely N-dealkylation sites (tertiary alicyclic amines) is 1. The van der Waals surface area contributed by atoms with E-state index in [1.165, 1.54) is 0 Å². The van der Waals surface area contributed by atoms with Gasteiger partial charge in [0.25, 0.3) is 0 Å². The molecule has 2 heterocycles. The maximum absolute atomic E-state index is 11.9. The molecule has 0 saturated carbocycles. The minimum Gasteiger partial charge on any atom is -0.374 e. The number of likely N-dealkylation sites (N-methyl/N-ethyl adjacent to an activating group) is 1. The summed E-state index contributed by atoms with van der Waals surface area (Å²) < 4.78 is 5.75. The molecule has 2 aliphatic heterocycles. The normalized spacial score (nSPS) is 25.0. The highest BCUT2D eigenvalue weighted by atomic mass is 16.5. The van der Waals surface area contributed by atoms with Crippen molar-refractivity contribution in [1.82, 2.24) is 20.0 Å². The van der Waals surface area contributed by atoms with Crippen molar-refractivity contribution < 1.29 is 9.53 Å². The molecule has 20 heavy (non-hydrogen) atoms. The third kappa shape index (κ3) is 4.07. The minimum atomic E-state index is 0.130. The van der Waals surface area contributed by atoms with Gasteiger partial charge in [0.2, 0.25) is 0 Å². The first-order valence-electron chi connectivity index (χ1n) is 7.56. The van der Waals surface area contributed by atoms with Crippen LogP contribution < -0.4 is 5.32 Å². The quantitative estimate of drug-likeness (QED) is 0.796. The Morgan fingerprint density at radius 1 is 1.30 bits per heavy atom. The molecule has 0 aromatic rings. The number of nitrogens with one attached hydrogen (secondary N) is 1. The van der Waals surface area contributed by atoms with E-state index >= 15 is 0 Å². The molecule has 1 atom stereocenters. The van der Waals surface area contributed by atoms with Crippen molar-refractivity contribution in [2.24, 2.45) is 0 Å². The molecule has 0 aliphatic carbocycles. The van der Waals surface area contributed by atoms with E-state index in [2.05, 4.69) is 17.3 Å². The molecule has 6 nitrogen and oxygen atoms in total. The van der Waals surface area contributed by atoms with Gasteiger partial charge in [0.1, 0.15) is 0 Å². The van der Waals surface area contributed by atoms with E-state index in [0.717, 1.165) is 52.2 Å². The van der Waals surface area contributed by atoms with E-state index in [-0.39, 0.29) is 6.03 Å². The van der Waals surface area contributed by atoms with Gasteiger partial charge in [-0.15, -0.1) is 0 Å². The number of ether oxygens (including phenoxy) is 1. The summed E-state index contributed by atoms with van der Waals surface area (Å²) in [5.74, 6) is 0. The summed E-state index contributed by atoms with van der Waals surface area (Å²) in [6.45, 7) is 5.41. The molecule has 2 fully saturated rings. The number of urea groups is 1. The molecule has 2 aliphatic rings. The summed E-state index contributed by atoms with van der Waals surface area (Å²) in [6.07, 6.45) is 2.40. The summed E-state index contributed by atoms with van der Waals surface area (Å²) in [5, 5.41) is 3.37. The van der Waals surface area contributed by atoms with Gasteiger partial charge in [-0.3, -0.25) is 0 Å². The highest BCUT2D eigenvalue weighted by Crippen LogP contribution is 2.17. The fourth-order valence-corrected chi connectivity index (χ4v) is 2.99. The monoisotopic (exact) mass is 284 g/mol. The van der Waals surface area contributed by atoms with Crippen LogP contribution >= 0.6 is 0 Å². The number of carbonyl (C=O) groups is 1. The van der Waals surface area contributed by atoms with Crippen LogP contribution in [0.15, 0.2) is 0 Å². The van der Waals surface area contributed by atoms with Crippen molar-refractivity contribution in [3.05, 3.63) is 0 Å². The Morgan fingerprint density at radius 3 is 2.55 bits per heavy atom.